The van der Waals surface area contributed by atoms with Crippen molar-refractivity contribution in [3.63, 3.8) is 0 Å². The highest BCUT2D eigenvalue weighted by Crippen LogP contribution is 2.39. The number of ether oxygens (including phenoxy) is 1. The van der Waals surface area contributed by atoms with Crippen molar-refractivity contribution in [1.82, 2.24) is 9.97 Å². The van der Waals surface area contributed by atoms with E-state index in [2.05, 4.69) is 20.6 Å². The first-order chi connectivity index (χ1) is 12.5. The lowest BCUT2D eigenvalue weighted by Gasteiger charge is -2.07. The van der Waals surface area contributed by atoms with Gasteiger partial charge in [-0.3, -0.25) is 14.4 Å². The summed E-state index contributed by atoms with van der Waals surface area (Å²) in [6.45, 7) is 3.52. The summed E-state index contributed by atoms with van der Waals surface area (Å²) in [6, 6.07) is 0. The maximum atomic E-state index is 12.2. The largest absolute Gasteiger partial charge is 0.465 e. The third-order valence-corrected chi connectivity index (χ3v) is 5.56. The summed E-state index contributed by atoms with van der Waals surface area (Å²) in [5.74, 6) is -1.05. The van der Waals surface area contributed by atoms with Gasteiger partial charge in [0.05, 0.1) is 24.4 Å². The lowest BCUT2D eigenvalue weighted by molar-refractivity contribution is -0.145. The van der Waals surface area contributed by atoms with Crippen molar-refractivity contribution in [3.8, 4) is 0 Å². The Bertz CT molecular complexity index is 845. The highest BCUT2D eigenvalue weighted by atomic mass is 32.1. The molecule has 1 unspecified atom stereocenters. The number of carbonyl (C=O) groups excluding carboxylic acids is 3. The van der Waals surface area contributed by atoms with Crippen LogP contribution >= 0.6 is 22.7 Å². The zero-order valence-electron chi connectivity index (χ0n) is 14.3. The minimum Gasteiger partial charge on any atom is -0.465 e. The number of aromatic nitrogens is 2. The van der Waals surface area contributed by atoms with Gasteiger partial charge in [0.1, 0.15) is 5.92 Å². The minimum atomic E-state index is -0.342. The molecule has 0 aliphatic heterocycles. The fraction of sp³-hybridized carbons (Fsp3) is 0.438. The zero-order valence-corrected chi connectivity index (χ0v) is 16.0. The second kappa shape index (κ2) is 7.92. The molecule has 2 aromatic heterocycles. The summed E-state index contributed by atoms with van der Waals surface area (Å²) in [7, 11) is 0. The van der Waals surface area contributed by atoms with Crippen LogP contribution in [-0.2, 0) is 32.0 Å². The Kier molecular flexibility index (Phi) is 5.62. The van der Waals surface area contributed by atoms with Crippen molar-refractivity contribution < 1.29 is 19.1 Å². The Morgan fingerprint density at radius 1 is 1.27 bits per heavy atom. The molecule has 0 saturated carbocycles. The first kappa shape index (κ1) is 18.5. The van der Waals surface area contributed by atoms with Crippen molar-refractivity contribution in [3.05, 3.63) is 21.6 Å². The number of anilines is 2. The highest BCUT2D eigenvalue weighted by Gasteiger charge is 2.33. The van der Waals surface area contributed by atoms with Gasteiger partial charge in [-0.2, -0.15) is 0 Å². The monoisotopic (exact) mass is 394 g/mol. The van der Waals surface area contributed by atoms with Crippen LogP contribution in [0.2, 0.25) is 0 Å². The Labute approximate surface area is 158 Å². The van der Waals surface area contributed by atoms with Gasteiger partial charge in [0.2, 0.25) is 11.8 Å². The van der Waals surface area contributed by atoms with Gasteiger partial charge in [-0.15, -0.1) is 22.7 Å². The molecule has 3 rings (SSSR count). The molecule has 0 spiro atoms. The number of carbonyl (C=O) groups is 3. The molecule has 0 bridgehead atoms. The molecular formula is C16H18N4O4S2. The number of nitrogens with zero attached hydrogens (tertiary/aromatic N) is 2. The van der Waals surface area contributed by atoms with E-state index in [1.54, 1.807) is 12.3 Å². The maximum Gasteiger partial charge on any atom is 0.315 e. The Morgan fingerprint density at radius 2 is 2.08 bits per heavy atom. The summed E-state index contributed by atoms with van der Waals surface area (Å²) < 4.78 is 5.08. The first-order valence-corrected chi connectivity index (χ1v) is 9.84. The van der Waals surface area contributed by atoms with E-state index >= 15 is 0 Å². The molecule has 1 aliphatic carbocycles. The number of hydrogen-bond acceptors (Lipinski definition) is 8. The molecule has 2 aromatic rings. The van der Waals surface area contributed by atoms with Gasteiger partial charge in [0.15, 0.2) is 10.3 Å². The van der Waals surface area contributed by atoms with E-state index < -0.39 is 0 Å². The Morgan fingerprint density at radius 3 is 2.81 bits per heavy atom. The number of rotatable bonds is 6. The molecule has 138 valence electrons. The van der Waals surface area contributed by atoms with Crippen molar-refractivity contribution >= 4 is 50.7 Å². The van der Waals surface area contributed by atoms with E-state index in [1.165, 1.54) is 29.6 Å². The van der Waals surface area contributed by atoms with E-state index in [4.69, 9.17) is 4.74 Å². The van der Waals surface area contributed by atoms with E-state index in [-0.39, 0.29) is 30.1 Å². The number of esters is 1. The van der Waals surface area contributed by atoms with E-state index in [1.807, 2.05) is 0 Å². The van der Waals surface area contributed by atoms with Crippen molar-refractivity contribution in [2.75, 3.05) is 17.2 Å². The van der Waals surface area contributed by atoms with Crippen LogP contribution in [0.1, 0.15) is 42.5 Å². The molecule has 0 fully saturated rings. The van der Waals surface area contributed by atoms with Crippen LogP contribution < -0.4 is 10.6 Å². The van der Waals surface area contributed by atoms with Crippen LogP contribution in [0.5, 0.6) is 0 Å². The standard InChI is InChI=1S/C16H18N4O4S2/c1-3-24-14(23)10-4-5-11-13(10)20-16(26-11)19-12(22)6-9-7-25-15(18-9)17-8(2)21/h7,10H,3-6H2,1-2H3,(H,17,18,21)(H,19,20,22). The highest BCUT2D eigenvalue weighted by molar-refractivity contribution is 7.16. The molecule has 8 nitrogen and oxygen atoms in total. The fourth-order valence-electron chi connectivity index (χ4n) is 2.68. The van der Waals surface area contributed by atoms with Gasteiger partial charge in [-0.05, 0) is 19.8 Å². The number of hydrogen-bond donors (Lipinski definition) is 2. The van der Waals surface area contributed by atoms with Crippen molar-refractivity contribution in [2.45, 2.75) is 39.0 Å². The van der Waals surface area contributed by atoms with Gasteiger partial charge in [0, 0.05) is 17.2 Å². The number of thiazole rings is 2. The molecular weight excluding hydrogens is 376 g/mol. The summed E-state index contributed by atoms with van der Waals surface area (Å²) in [5.41, 5.74) is 1.29. The molecule has 0 saturated heterocycles. The summed E-state index contributed by atoms with van der Waals surface area (Å²) >= 11 is 2.65. The third-order valence-electron chi connectivity index (χ3n) is 3.71. The lowest BCUT2D eigenvalue weighted by Crippen LogP contribution is -2.16. The van der Waals surface area contributed by atoms with Crippen molar-refractivity contribution in [1.29, 1.82) is 0 Å². The van der Waals surface area contributed by atoms with Gasteiger partial charge in [-0.1, -0.05) is 0 Å². The molecule has 2 N–H and O–H groups in total. The molecule has 2 amide bonds. The summed E-state index contributed by atoms with van der Waals surface area (Å²) in [5, 5.41) is 8.00. The summed E-state index contributed by atoms with van der Waals surface area (Å²) in [4.78, 5) is 44.8. The first-order valence-electron chi connectivity index (χ1n) is 8.14. The van der Waals surface area contributed by atoms with Gasteiger partial charge in [0.25, 0.3) is 0 Å². The maximum absolute atomic E-state index is 12.2. The molecule has 0 aromatic carbocycles. The van der Waals surface area contributed by atoms with Gasteiger partial charge >= 0.3 is 5.97 Å². The molecule has 2 heterocycles. The molecule has 10 heteroatoms. The van der Waals surface area contributed by atoms with Gasteiger partial charge in [-0.25, -0.2) is 9.97 Å². The van der Waals surface area contributed by atoms with Crippen LogP contribution in [0.15, 0.2) is 5.38 Å². The SMILES string of the molecule is CCOC(=O)C1CCc2sc(NC(=O)Cc3csc(NC(C)=O)n3)nc21. The van der Waals surface area contributed by atoms with E-state index in [0.29, 0.717) is 34.7 Å². The normalized spacial score (nSPS) is 15.4. The predicted octanol–water partition coefficient (Wildman–Crippen LogP) is 2.33. The van der Waals surface area contributed by atoms with Crippen molar-refractivity contribution in [2.24, 2.45) is 0 Å². The zero-order chi connectivity index (χ0) is 18.7. The topological polar surface area (TPSA) is 110 Å². The molecule has 26 heavy (non-hydrogen) atoms. The predicted molar refractivity (Wildman–Crippen MR) is 98.6 cm³/mol. The van der Waals surface area contributed by atoms with E-state index in [0.717, 1.165) is 11.3 Å². The van der Waals surface area contributed by atoms with Crippen LogP contribution in [-0.4, -0.2) is 34.4 Å². The third kappa shape index (κ3) is 4.25. The average molecular weight is 394 g/mol. The second-order valence-corrected chi connectivity index (χ2v) is 7.66. The van der Waals surface area contributed by atoms with Crippen LogP contribution in [0.4, 0.5) is 10.3 Å². The fourth-order valence-corrected chi connectivity index (χ4v) is 4.49. The second-order valence-electron chi connectivity index (χ2n) is 5.72. The number of aryl methyl sites for hydroxylation is 1. The van der Waals surface area contributed by atoms with E-state index in [9.17, 15) is 14.4 Å². The van der Waals surface area contributed by atoms with Crippen LogP contribution in [0.25, 0.3) is 0 Å². The lowest BCUT2D eigenvalue weighted by atomic mass is 10.1. The van der Waals surface area contributed by atoms with Gasteiger partial charge < -0.3 is 15.4 Å². The quantitative estimate of drug-likeness (QED) is 0.728. The number of amides is 2. The molecule has 1 atom stereocenters. The van der Waals surface area contributed by atoms with Crippen LogP contribution in [0.3, 0.4) is 0 Å². The number of fused-ring (bicyclic) bond motifs is 1. The van der Waals surface area contributed by atoms with Crippen LogP contribution in [0, 0.1) is 0 Å². The Hall–Kier alpha value is -2.33. The Balaban J connectivity index is 1.60. The smallest absolute Gasteiger partial charge is 0.315 e. The average Bonchev–Trinajstić information content (AvgIpc) is 3.22. The minimum absolute atomic E-state index is 0.0850. The molecule has 0 radical (unpaired) electrons. The summed E-state index contributed by atoms with van der Waals surface area (Å²) in [6.07, 6.45) is 1.55. The number of nitrogens with one attached hydrogen (secondary N) is 2. The molecule has 1 aliphatic rings.